The SMILES string of the molecule is CC(C)CC=CC(=O)OC1C(C2COC(C)(C)O2)OC2OC(C)(C)OC21. The second-order valence-corrected chi connectivity index (χ2v) is 8.37. The lowest BCUT2D eigenvalue weighted by atomic mass is 10.1. The van der Waals surface area contributed by atoms with Gasteiger partial charge in [0.25, 0.3) is 0 Å². The summed E-state index contributed by atoms with van der Waals surface area (Å²) < 4.78 is 35.0. The van der Waals surface area contributed by atoms with Gasteiger partial charge in [0.1, 0.15) is 12.2 Å². The Balaban J connectivity index is 1.70. The number of hydrogen-bond donors (Lipinski definition) is 0. The molecule has 0 aromatic heterocycles. The van der Waals surface area contributed by atoms with Crippen LogP contribution in [0.2, 0.25) is 0 Å². The summed E-state index contributed by atoms with van der Waals surface area (Å²) in [5.41, 5.74) is 0. The number of carbonyl (C=O) groups is 1. The van der Waals surface area contributed by atoms with Gasteiger partial charge in [-0.1, -0.05) is 19.9 Å². The van der Waals surface area contributed by atoms with E-state index in [9.17, 15) is 4.79 Å². The van der Waals surface area contributed by atoms with Crippen LogP contribution in [0.5, 0.6) is 0 Å². The molecule has 148 valence electrons. The molecule has 7 nitrogen and oxygen atoms in total. The van der Waals surface area contributed by atoms with E-state index in [1.54, 1.807) is 0 Å². The summed E-state index contributed by atoms with van der Waals surface area (Å²) in [7, 11) is 0. The molecule has 3 heterocycles. The molecule has 0 amide bonds. The highest BCUT2D eigenvalue weighted by Crippen LogP contribution is 2.41. The maximum absolute atomic E-state index is 12.3. The summed E-state index contributed by atoms with van der Waals surface area (Å²) in [6.07, 6.45) is 1.51. The average molecular weight is 370 g/mol. The van der Waals surface area contributed by atoms with Crippen LogP contribution in [-0.2, 0) is 33.2 Å². The van der Waals surface area contributed by atoms with Crippen molar-refractivity contribution < 1.29 is 33.2 Å². The first-order valence-corrected chi connectivity index (χ1v) is 9.26. The third-order valence-corrected chi connectivity index (χ3v) is 4.54. The van der Waals surface area contributed by atoms with Crippen LogP contribution in [0.3, 0.4) is 0 Å². The summed E-state index contributed by atoms with van der Waals surface area (Å²) >= 11 is 0. The zero-order valence-electron chi connectivity index (χ0n) is 16.4. The van der Waals surface area contributed by atoms with Gasteiger partial charge < -0.3 is 28.4 Å². The highest BCUT2D eigenvalue weighted by molar-refractivity contribution is 5.82. The molecule has 0 N–H and O–H groups in total. The Bertz CT molecular complexity index is 554. The molecule has 7 heteroatoms. The molecule has 26 heavy (non-hydrogen) atoms. The number of esters is 1. The number of fused-ring (bicyclic) bond motifs is 1. The molecule has 5 atom stereocenters. The first-order valence-electron chi connectivity index (χ1n) is 9.26. The van der Waals surface area contributed by atoms with Crippen LogP contribution in [0.1, 0.15) is 48.0 Å². The zero-order chi connectivity index (χ0) is 19.1. The van der Waals surface area contributed by atoms with Crippen LogP contribution in [0, 0.1) is 5.92 Å². The summed E-state index contributed by atoms with van der Waals surface area (Å²) in [5.74, 6) is -1.43. The van der Waals surface area contributed by atoms with Crippen LogP contribution in [0.25, 0.3) is 0 Å². The van der Waals surface area contributed by atoms with Crippen molar-refractivity contribution in [3.05, 3.63) is 12.2 Å². The Morgan fingerprint density at radius 1 is 1.12 bits per heavy atom. The maximum atomic E-state index is 12.3. The van der Waals surface area contributed by atoms with Crippen LogP contribution < -0.4 is 0 Å². The fraction of sp³-hybridized carbons (Fsp3) is 0.842. The van der Waals surface area contributed by atoms with Gasteiger partial charge in [-0.2, -0.15) is 0 Å². The second-order valence-electron chi connectivity index (χ2n) is 8.37. The molecular weight excluding hydrogens is 340 g/mol. The van der Waals surface area contributed by atoms with E-state index < -0.39 is 42.1 Å². The smallest absolute Gasteiger partial charge is 0.330 e. The van der Waals surface area contributed by atoms with Crippen molar-refractivity contribution in [1.29, 1.82) is 0 Å². The Hall–Kier alpha value is -0.990. The van der Waals surface area contributed by atoms with Gasteiger partial charge in [0.2, 0.25) is 0 Å². The lowest BCUT2D eigenvalue weighted by molar-refractivity contribution is -0.234. The number of allylic oxidation sites excluding steroid dienone is 1. The third kappa shape index (κ3) is 4.46. The van der Waals surface area contributed by atoms with Crippen LogP contribution in [-0.4, -0.2) is 54.9 Å². The fourth-order valence-electron chi connectivity index (χ4n) is 3.42. The fourth-order valence-corrected chi connectivity index (χ4v) is 3.42. The van der Waals surface area contributed by atoms with Crippen molar-refractivity contribution in [2.45, 2.75) is 90.2 Å². The van der Waals surface area contributed by atoms with Crippen molar-refractivity contribution in [1.82, 2.24) is 0 Å². The van der Waals surface area contributed by atoms with E-state index >= 15 is 0 Å². The highest BCUT2D eigenvalue weighted by atomic mass is 16.8. The van der Waals surface area contributed by atoms with Gasteiger partial charge in [0, 0.05) is 6.08 Å². The summed E-state index contributed by atoms with van der Waals surface area (Å²) in [6, 6.07) is 0. The van der Waals surface area contributed by atoms with Crippen molar-refractivity contribution in [3.8, 4) is 0 Å². The van der Waals surface area contributed by atoms with Gasteiger partial charge in [-0.05, 0) is 40.0 Å². The lowest BCUT2D eigenvalue weighted by Crippen LogP contribution is -2.45. The molecular formula is C19H30O7. The minimum absolute atomic E-state index is 0.358. The van der Waals surface area contributed by atoms with E-state index in [1.807, 2.05) is 33.8 Å². The first kappa shape index (κ1) is 19.8. The van der Waals surface area contributed by atoms with Crippen LogP contribution in [0.4, 0.5) is 0 Å². The number of ether oxygens (including phenoxy) is 6. The van der Waals surface area contributed by atoms with E-state index in [1.165, 1.54) is 6.08 Å². The summed E-state index contributed by atoms with van der Waals surface area (Å²) in [5, 5.41) is 0. The molecule has 0 radical (unpaired) electrons. The average Bonchev–Trinajstić information content (AvgIpc) is 3.09. The quantitative estimate of drug-likeness (QED) is 0.544. The van der Waals surface area contributed by atoms with Crippen molar-refractivity contribution >= 4 is 5.97 Å². The van der Waals surface area contributed by atoms with E-state index in [2.05, 4.69) is 13.8 Å². The standard InChI is InChI=1S/C19H30O7/c1-11(2)8-7-9-13(20)22-15-14(12-10-21-18(3,4)24-12)23-17-16(15)25-19(5,6)26-17/h7,9,11-12,14-17H,8,10H2,1-6H3. The van der Waals surface area contributed by atoms with E-state index in [0.717, 1.165) is 6.42 Å². The minimum atomic E-state index is -0.787. The molecule has 0 spiro atoms. The Morgan fingerprint density at radius 2 is 1.85 bits per heavy atom. The molecule has 0 saturated carbocycles. The molecule has 0 aromatic rings. The Labute approximate surface area is 154 Å². The Morgan fingerprint density at radius 3 is 2.46 bits per heavy atom. The lowest BCUT2D eigenvalue weighted by Gasteiger charge is -2.28. The zero-order valence-corrected chi connectivity index (χ0v) is 16.4. The summed E-state index contributed by atoms with van der Waals surface area (Å²) in [6.45, 7) is 11.8. The predicted octanol–water partition coefficient (Wildman–Crippen LogP) is 2.53. The minimum Gasteiger partial charge on any atom is -0.453 e. The molecule has 3 aliphatic rings. The molecule has 0 bridgehead atoms. The molecule has 3 aliphatic heterocycles. The number of rotatable bonds is 5. The van der Waals surface area contributed by atoms with Gasteiger partial charge in [-0.3, -0.25) is 0 Å². The van der Waals surface area contributed by atoms with Crippen molar-refractivity contribution in [3.63, 3.8) is 0 Å². The van der Waals surface area contributed by atoms with Gasteiger partial charge in [0.05, 0.1) is 6.61 Å². The second kappa shape index (κ2) is 7.20. The molecule has 3 fully saturated rings. The third-order valence-electron chi connectivity index (χ3n) is 4.54. The van der Waals surface area contributed by atoms with Gasteiger partial charge in [-0.15, -0.1) is 0 Å². The van der Waals surface area contributed by atoms with E-state index in [4.69, 9.17) is 28.4 Å². The molecule has 3 saturated heterocycles. The summed E-state index contributed by atoms with van der Waals surface area (Å²) in [4.78, 5) is 12.3. The molecule has 5 unspecified atom stereocenters. The first-order chi connectivity index (χ1) is 12.1. The predicted molar refractivity (Wildman–Crippen MR) is 92.1 cm³/mol. The largest absolute Gasteiger partial charge is 0.453 e. The van der Waals surface area contributed by atoms with Crippen LogP contribution in [0.15, 0.2) is 12.2 Å². The van der Waals surface area contributed by atoms with Gasteiger partial charge >= 0.3 is 5.97 Å². The number of hydrogen-bond acceptors (Lipinski definition) is 7. The topological polar surface area (TPSA) is 72.5 Å². The van der Waals surface area contributed by atoms with E-state index in [-0.39, 0.29) is 6.10 Å². The maximum Gasteiger partial charge on any atom is 0.330 e. The molecule has 0 aromatic carbocycles. The van der Waals surface area contributed by atoms with Gasteiger partial charge in [-0.25, -0.2) is 4.79 Å². The molecule has 3 rings (SSSR count). The van der Waals surface area contributed by atoms with Crippen molar-refractivity contribution in [2.75, 3.05) is 6.61 Å². The monoisotopic (exact) mass is 370 g/mol. The molecule has 0 aliphatic carbocycles. The Kier molecular flexibility index (Phi) is 5.48. The van der Waals surface area contributed by atoms with E-state index in [0.29, 0.717) is 12.5 Å². The normalized spacial score (nSPS) is 38.2. The van der Waals surface area contributed by atoms with Crippen molar-refractivity contribution in [2.24, 2.45) is 5.92 Å². The van der Waals surface area contributed by atoms with Crippen LogP contribution >= 0.6 is 0 Å². The highest BCUT2D eigenvalue weighted by Gasteiger charge is 2.59. The number of carbonyl (C=O) groups excluding carboxylic acids is 1. The van der Waals surface area contributed by atoms with Gasteiger partial charge in [0.15, 0.2) is 30.1 Å².